The number of nitrogens with zero attached hydrogens (tertiary/aromatic N) is 1. The van der Waals surface area contributed by atoms with E-state index in [-0.39, 0.29) is 5.56 Å². The highest BCUT2D eigenvalue weighted by molar-refractivity contribution is 5.53. The van der Waals surface area contributed by atoms with Gasteiger partial charge >= 0.3 is 6.18 Å². The molecular weight excluding hydrogens is 439 g/mol. The summed E-state index contributed by atoms with van der Waals surface area (Å²) >= 11 is 0. The quantitative estimate of drug-likeness (QED) is 0.237. The van der Waals surface area contributed by atoms with Crippen LogP contribution in [0, 0.1) is 29.1 Å². The SMILES string of the molecule is CCC/C=C(/OCCCc1cc(C#N)ccc1C#Cc1ccc(O)cc1C(F)(F)F)C(C)CC. The number of rotatable bonds is 9. The molecule has 1 N–H and O–H groups in total. The second-order valence-corrected chi connectivity index (χ2v) is 8.12. The van der Waals surface area contributed by atoms with Crippen molar-refractivity contribution >= 4 is 0 Å². The Hall–Kier alpha value is -3.38. The predicted molar refractivity (Wildman–Crippen MR) is 127 cm³/mol. The Bertz CT molecular complexity index is 1100. The molecule has 34 heavy (non-hydrogen) atoms. The van der Waals surface area contributed by atoms with Crippen LogP contribution in [-0.4, -0.2) is 11.7 Å². The van der Waals surface area contributed by atoms with Crippen molar-refractivity contribution in [3.63, 3.8) is 0 Å². The third-order valence-electron chi connectivity index (χ3n) is 5.47. The summed E-state index contributed by atoms with van der Waals surface area (Å²) in [5.74, 6) is 6.27. The highest BCUT2D eigenvalue weighted by atomic mass is 19.4. The minimum atomic E-state index is -4.63. The molecule has 0 saturated heterocycles. The topological polar surface area (TPSA) is 53.2 Å². The van der Waals surface area contributed by atoms with E-state index in [0.717, 1.165) is 36.7 Å². The van der Waals surface area contributed by atoms with Gasteiger partial charge in [-0.1, -0.05) is 39.0 Å². The summed E-state index contributed by atoms with van der Waals surface area (Å²) in [6.45, 7) is 6.86. The van der Waals surface area contributed by atoms with Crippen LogP contribution in [0.2, 0.25) is 0 Å². The molecule has 2 aromatic carbocycles. The number of ether oxygens (including phenoxy) is 1. The molecule has 0 spiro atoms. The third-order valence-corrected chi connectivity index (χ3v) is 5.47. The van der Waals surface area contributed by atoms with E-state index in [1.54, 1.807) is 18.2 Å². The first-order valence-corrected chi connectivity index (χ1v) is 11.5. The smallest absolute Gasteiger partial charge is 0.417 e. The number of halogens is 3. The molecule has 0 bridgehead atoms. The first-order valence-electron chi connectivity index (χ1n) is 11.5. The van der Waals surface area contributed by atoms with Crippen LogP contribution in [-0.2, 0) is 17.3 Å². The molecule has 0 saturated carbocycles. The van der Waals surface area contributed by atoms with Gasteiger partial charge in [0.25, 0.3) is 0 Å². The number of hydrogen-bond acceptors (Lipinski definition) is 3. The maximum atomic E-state index is 13.3. The second-order valence-electron chi connectivity index (χ2n) is 8.12. The lowest BCUT2D eigenvalue weighted by molar-refractivity contribution is -0.137. The number of allylic oxidation sites excluding steroid dienone is 2. The number of phenolic OH excluding ortho intramolecular Hbond substituents is 1. The van der Waals surface area contributed by atoms with Crippen LogP contribution >= 0.6 is 0 Å². The summed E-state index contributed by atoms with van der Waals surface area (Å²) in [6, 6.07) is 10.1. The van der Waals surface area contributed by atoms with Crippen molar-refractivity contribution in [3.8, 4) is 23.7 Å². The Balaban J connectivity index is 2.23. The molecule has 2 aromatic rings. The molecule has 0 radical (unpaired) electrons. The number of unbranched alkanes of at least 4 members (excludes halogenated alkanes) is 1. The molecule has 0 heterocycles. The molecule has 2 rings (SSSR count). The summed E-state index contributed by atoms with van der Waals surface area (Å²) in [7, 11) is 0. The van der Waals surface area contributed by atoms with E-state index < -0.39 is 17.5 Å². The summed E-state index contributed by atoms with van der Waals surface area (Å²) in [5.41, 5.74) is 0.599. The lowest BCUT2D eigenvalue weighted by atomic mass is 9.99. The molecule has 3 nitrogen and oxygen atoms in total. The summed E-state index contributed by atoms with van der Waals surface area (Å²) < 4.78 is 46.0. The number of nitriles is 1. The van der Waals surface area contributed by atoms with Gasteiger partial charge in [0.1, 0.15) is 5.75 Å². The fourth-order valence-electron chi connectivity index (χ4n) is 3.35. The van der Waals surface area contributed by atoms with E-state index in [9.17, 15) is 23.5 Å². The second kappa shape index (κ2) is 12.8. The first-order chi connectivity index (χ1) is 16.2. The first kappa shape index (κ1) is 26.9. The van der Waals surface area contributed by atoms with Gasteiger partial charge in [0.15, 0.2) is 0 Å². The number of aromatic hydroxyl groups is 1. The van der Waals surface area contributed by atoms with Gasteiger partial charge in [-0.25, -0.2) is 0 Å². The zero-order chi connectivity index (χ0) is 25.1. The summed E-state index contributed by atoms with van der Waals surface area (Å²) in [6.07, 6.45) is 1.74. The predicted octanol–water partition coefficient (Wildman–Crippen LogP) is 7.36. The summed E-state index contributed by atoms with van der Waals surface area (Å²) in [5, 5.41) is 18.7. The van der Waals surface area contributed by atoms with Crippen LogP contribution in [0.5, 0.6) is 5.75 Å². The zero-order valence-electron chi connectivity index (χ0n) is 19.8. The Kier molecular flexibility index (Phi) is 10.1. The number of aryl methyl sites for hydroxylation is 1. The van der Waals surface area contributed by atoms with Crippen LogP contribution in [0.1, 0.15) is 74.3 Å². The minimum absolute atomic E-state index is 0.219. The molecular formula is C28H30F3NO2. The van der Waals surface area contributed by atoms with Gasteiger partial charge in [0.05, 0.1) is 29.6 Å². The molecule has 0 aliphatic rings. The fourth-order valence-corrected chi connectivity index (χ4v) is 3.35. The van der Waals surface area contributed by atoms with Gasteiger partial charge in [0.2, 0.25) is 0 Å². The van der Waals surface area contributed by atoms with E-state index in [4.69, 9.17) is 4.74 Å². The minimum Gasteiger partial charge on any atom is -0.508 e. The molecule has 0 aliphatic heterocycles. The Labute approximate surface area is 199 Å². The van der Waals surface area contributed by atoms with Crippen molar-refractivity contribution in [1.82, 2.24) is 0 Å². The molecule has 1 atom stereocenters. The number of benzene rings is 2. The Morgan fingerprint density at radius 1 is 1.12 bits per heavy atom. The third kappa shape index (κ3) is 7.89. The van der Waals surface area contributed by atoms with Crippen LogP contribution in [0.25, 0.3) is 0 Å². The zero-order valence-corrected chi connectivity index (χ0v) is 19.8. The van der Waals surface area contributed by atoms with Gasteiger partial charge in [-0.15, -0.1) is 0 Å². The average molecular weight is 470 g/mol. The Morgan fingerprint density at radius 3 is 2.47 bits per heavy atom. The monoisotopic (exact) mass is 469 g/mol. The number of phenols is 1. The van der Waals surface area contributed by atoms with Crippen molar-refractivity contribution < 1.29 is 23.0 Å². The van der Waals surface area contributed by atoms with Gasteiger partial charge in [-0.2, -0.15) is 18.4 Å². The van der Waals surface area contributed by atoms with Crippen LogP contribution in [0.15, 0.2) is 48.2 Å². The van der Waals surface area contributed by atoms with Gasteiger partial charge in [-0.3, -0.25) is 0 Å². The van der Waals surface area contributed by atoms with E-state index in [2.05, 4.69) is 44.8 Å². The van der Waals surface area contributed by atoms with E-state index in [0.29, 0.717) is 42.6 Å². The molecule has 0 fully saturated rings. The standard InChI is InChI=1S/C28H30F3NO2/c1-4-6-9-27(20(3)5-2)34-16-7-8-24-17-21(19-32)10-11-22(24)12-13-23-14-15-25(33)18-26(23)28(29,30)31/h9-11,14-15,17-18,20,33H,4-8,16H2,1-3H3/b27-9+. The van der Waals surface area contributed by atoms with E-state index in [1.165, 1.54) is 6.07 Å². The largest absolute Gasteiger partial charge is 0.508 e. The Morgan fingerprint density at radius 2 is 1.82 bits per heavy atom. The summed E-state index contributed by atoms with van der Waals surface area (Å²) in [4.78, 5) is 0. The maximum Gasteiger partial charge on any atom is 0.417 e. The van der Waals surface area contributed by atoms with Crippen molar-refractivity contribution in [2.75, 3.05) is 6.61 Å². The maximum absolute atomic E-state index is 13.3. The fraction of sp³-hybridized carbons (Fsp3) is 0.393. The van der Waals surface area contributed by atoms with Crippen LogP contribution < -0.4 is 0 Å². The van der Waals surface area contributed by atoms with Crippen molar-refractivity contribution in [2.45, 2.75) is 59.1 Å². The van der Waals surface area contributed by atoms with Crippen molar-refractivity contribution in [2.24, 2.45) is 5.92 Å². The van der Waals surface area contributed by atoms with Gasteiger partial charge in [-0.05, 0) is 73.7 Å². The average Bonchev–Trinajstić information content (AvgIpc) is 2.82. The van der Waals surface area contributed by atoms with Crippen LogP contribution in [0.3, 0.4) is 0 Å². The van der Waals surface area contributed by atoms with E-state index >= 15 is 0 Å². The van der Waals surface area contributed by atoms with E-state index in [1.807, 2.05) is 0 Å². The normalized spacial score (nSPS) is 12.4. The molecule has 180 valence electrons. The molecule has 0 aromatic heterocycles. The number of alkyl halides is 3. The lowest BCUT2D eigenvalue weighted by Gasteiger charge is -2.16. The van der Waals surface area contributed by atoms with Gasteiger partial charge < -0.3 is 9.84 Å². The lowest BCUT2D eigenvalue weighted by Crippen LogP contribution is -2.07. The number of hydrogen-bond donors (Lipinski definition) is 1. The highest BCUT2D eigenvalue weighted by Gasteiger charge is 2.33. The van der Waals surface area contributed by atoms with Crippen molar-refractivity contribution in [1.29, 1.82) is 5.26 Å². The molecule has 6 heteroatoms. The molecule has 0 amide bonds. The molecule has 0 aliphatic carbocycles. The molecule has 1 unspecified atom stereocenters. The van der Waals surface area contributed by atoms with Crippen LogP contribution in [0.4, 0.5) is 13.2 Å². The highest BCUT2D eigenvalue weighted by Crippen LogP contribution is 2.34. The van der Waals surface area contributed by atoms with Crippen molar-refractivity contribution in [3.05, 3.63) is 76.1 Å². The van der Waals surface area contributed by atoms with Gasteiger partial charge in [0, 0.05) is 17.0 Å².